The molecule has 0 aliphatic carbocycles. The normalized spacial score (nSPS) is 11.3. The quantitative estimate of drug-likeness (QED) is 0.666. The molecule has 0 radical (unpaired) electrons. The van der Waals surface area contributed by atoms with Crippen molar-refractivity contribution in [2.24, 2.45) is 5.10 Å². The molecule has 2 rings (SSSR count). The number of hydrogen-bond donors (Lipinski definition) is 2. The van der Waals surface area contributed by atoms with Crippen molar-refractivity contribution >= 4 is 34.8 Å². The van der Waals surface area contributed by atoms with Crippen LogP contribution in [-0.4, -0.2) is 16.7 Å². The van der Waals surface area contributed by atoms with Crippen molar-refractivity contribution in [2.45, 2.75) is 6.92 Å². The molecule has 4 nitrogen and oxygen atoms in total. The van der Waals surface area contributed by atoms with E-state index in [1.807, 2.05) is 6.07 Å². The third kappa shape index (κ3) is 3.97. The van der Waals surface area contributed by atoms with Gasteiger partial charge in [-0.3, -0.25) is 4.79 Å². The number of phenolic OH excluding ortho intramolecular Hbond substituents is 1. The summed E-state index contributed by atoms with van der Waals surface area (Å²) in [5.74, 6) is -0.705. The van der Waals surface area contributed by atoms with E-state index < -0.39 is 5.91 Å². The summed E-state index contributed by atoms with van der Waals surface area (Å²) in [7, 11) is 0. The van der Waals surface area contributed by atoms with Crippen LogP contribution in [0.4, 0.5) is 0 Å². The molecule has 6 heteroatoms. The molecule has 0 aliphatic heterocycles. The van der Waals surface area contributed by atoms with Gasteiger partial charge in [0.05, 0.1) is 11.3 Å². The summed E-state index contributed by atoms with van der Waals surface area (Å²) in [6.45, 7) is 1.74. The smallest absolute Gasteiger partial charge is 0.275 e. The van der Waals surface area contributed by atoms with Gasteiger partial charge in [0.2, 0.25) is 0 Å². The molecule has 21 heavy (non-hydrogen) atoms. The molecule has 0 spiro atoms. The van der Waals surface area contributed by atoms with E-state index in [0.29, 0.717) is 15.8 Å². The van der Waals surface area contributed by atoms with Crippen molar-refractivity contribution < 1.29 is 9.90 Å². The highest BCUT2D eigenvalue weighted by molar-refractivity contribution is 6.31. The predicted molar refractivity (Wildman–Crippen MR) is 84.2 cm³/mol. The molecule has 0 unspecified atom stereocenters. The third-order valence-electron chi connectivity index (χ3n) is 2.77. The third-order valence-corrected chi connectivity index (χ3v) is 3.24. The van der Waals surface area contributed by atoms with Crippen molar-refractivity contribution in [3.8, 4) is 5.75 Å². The van der Waals surface area contributed by atoms with Gasteiger partial charge < -0.3 is 5.11 Å². The monoisotopic (exact) mass is 322 g/mol. The van der Waals surface area contributed by atoms with Gasteiger partial charge in [-0.2, -0.15) is 5.10 Å². The van der Waals surface area contributed by atoms with E-state index in [1.54, 1.807) is 25.1 Å². The Bertz CT molecular complexity index is 715. The van der Waals surface area contributed by atoms with E-state index in [0.717, 1.165) is 5.56 Å². The fraction of sp³-hybridized carbons (Fsp3) is 0.0667. The van der Waals surface area contributed by atoms with Crippen molar-refractivity contribution in [2.75, 3.05) is 0 Å². The van der Waals surface area contributed by atoms with Gasteiger partial charge in [0.1, 0.15) is 5.75 Å². The summed E-state index contributed by atoms with van der Waals surface area (Å²) < 4.78 is 0. The standard InChI is InChI=1S/C15H12Cl2N2O2/c1-9(10-3-2-4-11(16)7-10)18-19-15(21)13-8-12(17)5-6-14(13)20/h2-8,20H,1H3,(H,19,21)/b18-9-. The highest BCUT2D eigenvalue weighted by atomic mass is 35.5. The van der Waals surface area contributed by atoms with E-state index >= 15 is 0 Å². The highest BCUT2D eigenvalue weighted by Gasteiger charge is 2.11. The Labute approximate surface area is 132 Å². The molecule has 2 aromatic rings. The molecule has 1 amide bonds. The zero-order valence-corrected chi connectivity index (χ0v) is 12.6. The number of nitrogens with one attached hydrogen (secondary N) is 1. The molecule has 0 saturated carbocycles. The maximum Gasteiger partial charge on any atom is 0.275 e. The van der Waals surface area contributed by atoms with E-state index in [1.165, 1.54) is 18.2 Å². The Balaban J connectivity index is 2.16. The summed E-state index contributed by atoms with van der Waals surface area (Å²) >= 11 is 11.7. The molecule has 2 aromatic carbocycles. The Hall–Kier alpha value is -2.04. The first kappa shape index (κ1) is 15.4. The van der Waals surface area contributed by atoms with E-state index in [2.05, 4.69) is 10.5 Å². The maximum absolute atomic E-state index is 12.0. The Kier molecular flexibility index (Phi) is 4.83. The van der Waals surface area contributed by atoms with Gasteiger partial charge in [-0.05, 0) is 42.8 Å². The maximum atomic E-state index is 12.0. The van der Waals surface area contributed by atoms with Gasteiger partial charge >= 0.3 is 0 Å². The van der Waals surface area contributed by atoms with Crippen LogP contribution in [0.1, 0.15) is 22.8 Å². The molecule has 0 aliphatic rings. The minimum absolute atomic E-state index is 0.0603. The van der Waals surface area contributed by atoms with Crippen molar-refractivity contribution in [3.63, 3.8) is 0 Å². The van der Waals surface area contributed by atoms with E-state index in [-0.39, 0.29) is 11.3 Å². The van der Waals surface area contributed by atoms with Crippen LogP contribution in [0, 0.1) is 0 Å². The number of hydrogen-bond acceptors (Lipinski definition) is 3. The van der Waals surface area contributed by atoms with Crippen LogP contribution in [0.15, 0.2) is 47.6 Å². The van der Waals surface area contributed by atoms with Gasteiger partial charge in [-0.25, -0.2) is 5.43 Å². The molecule has 108 valence electrons. The number of rotatable bonds is 3. The molecule has 0 bridgehead atoms. The number of amides is 1. The summed E-state index contributed by atoms with van der Waals surface area (Å²) in [5.41, 5.74) is 3.81. The van der Waals surface area contributed by atoms with Gasteiger partial charge in [-0.1, -0.05) is 35.3 Å². The molecular weight excluding hydrogens is 311 g/mol. The second-order valence-corrected chi connectivity index (χ2v) is 5.18. The minimum atomic E-state index is -0.545. The van der Waals surface area contributed by atoms with Crippen molar-refractivity contribution in [1.29, 1.82) is 0 Å². The second kappa shape index (κ2) is 6.61. The number of nitrogens with zero attached hydrogens (tertiary/aromatic N) is 1. The first-order valence-corrected chi connectivity index (χ1v) is 6.82. The number of hydrazone groups is 1. The zero-order chi connectivity index (χ0) is 15.4. The fourth-order valence-corrected chi connectivity index (χ4v) is 2.03. The molecule has 0 heterocycles. The van der Waals surface area contributed by atoms with Crippen LogP contribution >= 0.6 is 23.2 Å². The number of carbonyl (C=O) groups excluding carboxylic acids is 1. The Morgan fingerprint density at radius 1 is 1.14 bits per heavy atom. The van der Waals surface area contributed by atoms with Gasteiger partial charge in [0, 0.05) is 10.0 Å². The number of carbonyl (C=O) groups is 1. The van der Waals surface area contributed by atoms with Gasteiger partial charge in [0.15, 0.2) is 0 Å². The number of phenols is 1. The lowest BCUT2D eigenvalue weighted by molar-refractivity contribution is 0.0952. The van der Waals surface area contributed by atoms with Crippen molar-refractivity contribution in [1.82, 2.24) is 5.43 Å². The summed E-state index contributed by atoms with van der Waals surface area (Å²) in [4.78, 5) is 12.0. The SMILES string of the molecule is C/C(=N/NC(=O)c1cc(Cl)ccc1O)c1cccc(Cl)c1. The average Bonchev–Trinajstić information content (AvgIpc) is 2.47. The van der Waals surface area contributed by atoms with Crippen LogP contribution < -0.4 is 5.43 Å². The summed E-state index contributed by atoms with van der Waals surface area (Å²) in [6.07, 6.45) is 0. The minimum Gasteiger partial charge on any atom is -0.507 e. The summed E-state index contributed by atoms with van der Waals surface area (Å²) in [6, 6.07) is 11.3. The van der Waals surface area contributed by atoms with Crippen LogP contribution in [0.2, 0.25) is 10.0 Å². The topological polar surface area (TPSA) is 61.7 Å². The predicted octanol–water partition coefficient (Wildman–Crippen LogP) is 3.85. The number of halogens is 2. The second-order valence-electron chi connectivity index (χ2n) is 4.31. The van der Waals surface area contributed by atoms with E-state index in [4.69, 9.17) is 23.2 Å². The van der Waals surface area contributed by atoms with Gasteiger partial charge in [0.25, 0.3) is 5.91 Å². The molecule has 0 atom stereocenters. The first-order chi connectivity index (χ1) is 9.97. The molecular formula is C15H12Cl2N2O2. The molecule has 2 N–H and O–H groups in total. The summed E-state index contributed by atoms with van der Waals surface area (Å²) in [5, 5.41) is 14.6. The lowest BCUT2D eigenvalue weighted by atomic mass is 10.1. The highest BCUT2D eigenvalue weighted by Crippen LogP contribution is 2.21. The van der Waals surface area contributed by atoms with Crippen LogP contribution in [0.3, 0.4) is 0 Å². The van der Waals surface area contributed by atoms with Crippen molar-refractivity contribution in [3.05, 3.63) is 63.6 Å². The Morgan fingerprint density at radius 2 is 1.86 bits per heavy atom. The Morgan fingerprint density at radius 3 is 2.57 bits per heavy atom. The fourth-order valence-electron chi connectivity index (χ4n) is 1.66. The molecule has 0 saturated heterocycles. The molecule has 0 fully saturated rings. The lowest BCUT2D eigenvalue weighted by Crippen LogP contribution is -2.19. The number of aromatic hydroxyl groups is 1. The average molecular weight is 323 g/mol. The van der Waals surface area contributed by atoms with E-state index in [9.17, 15) is 9.90 Å². The van der Waals surface area contributed by atoms with Gasteiger partial charge in [-0.15, -0.1) is 0 Å². The molecule has 0 aromatic heterocycles. The van der Waals surface area contributed by atoms with Crippen LogP contribution in [-0.2, 0) is 0 Å². The van der Waals surface area contributed by atoms with Crippen LogP contribution in [0.5, 0.6) is 5.75 Å². The van der Waals surface area contributed by atoms with Crippen LogP contribution in [0.25, 0.3) is 0 Å². The zero-order valence-electron chi connectivity index (χ0n) is 11.1. The first-order valence-electron chi connectivity index (χ1n) is 6.06. The largest absolute Gasteiger partial charge is 0.507 e. The number of benzene rings is 2. The lowest BCUT2D eigenvalue weighted by Gasteiger charge is -2.05.